The first-order chi connectivity index (χ1) is 12.3. The summed E-state index contributed by atoms with van der Waals surface area (Å²) in [7, 11) is 0. The molecule has 4 heteroatoms. The van der Waals surface area contributed by atoms with Crippen molar-refractivity contribution in [2.45, 2.75) is 37.6 Å². The Morgan fingerprint density at radius 1 is 1.00 bits per heavy atom. The number of hydrogen-bond acceptors (Lipinski definition) is 3. The van der Waals surface area contributed by atoms with Crippen LogP contribution in [0, 0.1) is 0 Å². The average Bonchev–Trinajstić information content (AvgIpc) is 3.20. The van der Waals surface area contributed by atoms with Crippen molar-refractivity contribution in [1.29, 1.82) is 0 Å². The molecule has 4 nitrogen and oxygen atoms in total. The lowest BCUT2D eigenvalue weighted by atomic mass is 9.90. The van der Waals surface area contributed by atoms with Crippen LogP contribution in [-0.2, 0) is 9.53 Å². The second kappa shape index (κ2) is 7.30. The molecule has 4 rings (SSSR count). The van der Waals surface area contributed by atoms with Crippen LogP contribution >= 0.6 is 0 Å². The lowest BCUT2D eigenvalue weighted by molar-refractivity contribution is -0.147. The highest BCUT2D eigenvalue weighted by molar-refractivity contribution is 5.88. The van der Waals surface area contributed by atoms with Gasteiger partial charge >= 0.3 is 0 Å². The Morgan fingerprint density at radius 3 is 2.44 bits per heavy atom. The summed E-state index contributed by atoms with van der Waals surface area (Å²) in [5.74, 6) is 0.355. The number of carbonyl (C=O) groups excluding carboxylic acids is 1. The van der Waals surface area contributed by atoms with Crippen molar-refractivity contribution in [2.24, 2.45) is 0 Å². The van der Waals surface area contributed by atoms with Gasteiger partial charge in [-0.25, -0.2) is 0 Å². The number of morpholine rings is 1. The van der Waals surface area contributed by atoms with E-state index >= 15 is 0 Å². The number of nitrogens with zero attached hydrogens (tertiary/aromatic N) is 2. The molecule has 0 bridgehead atoms. The number of amides is 1. The zero-order chi connectivity index (χ0) is 17.1. The van der Waals surface area contributed by atoms with Gasteiger partial charge in [-0.2, -0.15) is 0 Å². The van der Waals surface area contributed by atoms with Gasteiger partial charge in [0, 0.05) is 26.2 Å². The summed E-state index contributed by atoms with van der Waals surface area (Å²) < 4.78 is 5.53. The number of hydrogen-bond donors (Lipinski definition) is 0. The molecule has 0 radical (unpaired) electrons. The summed E-state index contributed by atoms with van der Waals surface area (Å²) in [6, 6.07) is 10.5. The number of carbonyl (C=O) groups is 1. The summed E-state index contributed by atoms with van der Waals surface area (Å²) in [5.41, 5.74) is 2.25. The Morgan fingerprint density at radius 2 is 1.72 bits per heavy atom. The molecular weight excluding hydrogens is 312 g/mol. The third kappa shape index (κ3) is 3.25. The minimum absolute atomic E-state index is 0.275. The topological polar surface area (TPSA) is 32.8 Å². The predicted octanol–water partition coefficient (Wildman–Crippen LogP) is 2.95. The maximum absolute atomic E-state index is 13.6. The minimum Gasteiger partial charge on any atom is -0.379 e. The van der Waals surface area contributed by atoms with E-state index in [9.17, 15) is 4.79 Å². The molecule has 0 aromatic heterocycles. The molecule has 0 unspecified atom stereocenters. The van der Waals surface area contributed by atoms with Crippen molar-refractivity contribution in [3.05, 3.63) is 42.0 Å². The maximum Gasteiger partial charge on any atom is 0.243 e. The fourth-order valence-electron chi connectivity index (χ4n) is 4.69. The molecule has 0 N–H and O–H groups in total. The molecule has 1 amide bonds. The molecule has 3 aliphatic rings. The monoisotopic (exact) mass is 340 g/mol. The smallest absolute Gasteiger partial charge is 0.243 e. The molecular formula is C21H28N2O2. The third-order valence-electron chi connectivity index (χ3n) is 6.03. The average molecular weight is 340 g/mol. The van der Waals surface area contributed by atoms with E-state index in [2.05, 4.69) is 40.1 Å². The summed E-state index contributed by atoms with van der Waals surface area (Å²) in [5, 5.41) is 0. The first-order valence-corrected chi connectivity index (χ1v) is 9.66. The summed E-state index contributed by atoms with van der Waals surface area (Å²) >= 11 is 0. The lowest BCUT2D eigenvalue weighted by Crippen LogP contribution is -2.61. The summed E-state index contributed by atoms with van der Waals surface area (Å²) in [6.07, 6.45) is 7.60. The zero-order valence-corrected chi connectivity index (χ0v) is 15.0. The highest BCUT2D eigenvalue weighted by Gasteiger charge is 2.48. The van der Waals surface area contributed by atoms with Gasteiger partial charge in [0.05, 0.1) is 13.2 Å². The number of rotatable bonds is 3. The van der Waals surface area contributed by atoms with Crippen LogP contribution in [0.4, 0.5) is 0 Å². The van der Waals surface area contributed by atoms with E-state index in [0.29, 0.717) is 5.91 Å². The molecule has 0 atom stereocenters. The van der Waals surface area contributed by atoms with Gasteiger partial charge in [0.2, 0.25) is 5.91 Å². The maximum atomic E-state index is 13.6. The van der Waals surface area contributed by atoms with Gasteiger partial charge in [-0.15, -0.1) is 0 Å². The van der Waals surface area contributed by atoms with Crippen LogP contribution < -0.4 is 0 Å². The van der Waals surface area contributed by atoms with Crippen molar-refractivity contribution in [3.63, 3.8) is 0 Å². The van der Waals surface area contributed by atoms with Crippen LogP contribution in [0.2, 0.25) is 0 Å². The molecule has 2 heterocycles. The van der Waals surface area contributed by atoms with Crippen LogP contribution in [0.3, 0.4) is 0 Å². The summed E-state index contributed by atoms with van der Waals surface area (Å²) in [4.78, 5) is 18.2. The van der Waals surface area contributed by atoms with Gasteiger partial charge < -0.3 is 9.64 Å². The van der Waals surface area contributed by atoms with Gasteiger partial charge in [-0.05, 0) is 30.4 Å². The SMILES string of the molecule is O=C(N1CCC=C(c2ccccc2)C1)C1(N2CCOCC2)CCCC1. The normalized spacial score (nSPS) is 24.2. The number of benzene rings is 1. The number of ether oxygens (including phenoxy) is 1. The standard InChI is InChI=1S/C21H28N2O2/c24-20(21(10-4-5-11-21)23-13-15-25-16-14-23)22-12-6-9-19(17-22)18-7-2-1-3-8-18/h1-3,7-9H,4-6,10-17H2. The van der Waals surface area contributed by atoms with Crippen molar-refractivity contribution in [1.82, 2.24) is 9.80 Å². The van der Waals surface area contributed by atoms with E-state index in [-0.39, 0.29) is 5.54 Å². The molecule has 1 aliphatic carbocycles. The quantitative estimate of drug-likeness (QED) is 0.848. The van der Waals surface area contributed by atoms with Gasteiger partial charge in [-0.1, -0.05) is 49.2 Å². The molecule has 25 heavy (non-hydrogen) atoms. The largest absolute Gasteiger partial charge is 0.379 e. The Hall–Kier alpha value is -1.65. The van der Waals surface area contributed by atoms with Crippen molar-refractivity contribution < 1.29 is 9.53 Å². The van der Waals surface area contributed by atoms with Crippen LogP contribution in [0.1, 0.15) is 37.7 Å². The third-order valence-corrected chi connectivity index (χ3v) is 6.03. The van der Waals surface area contributed by atoms with Crippen LogP contribution in [0.15, 0.2) is 36.4 Å². The highest BCUT2D eigenvalue weighted by atomic mass is 16.5. The van der Waals surface area contributed by atoms with E-state index in [0.717, 1.165) is 71.5 Å². The van der Waals surface area contributed by atoms with Crippen molar-refractivity contribution in [2.75, 3.05) is 39.4 Å². The highest BCUT2D eigenvalue weighted by Crippen LogP contribution is 2.38. The lowest BCUT2D eigenvalue weighted by Gasteiger charge is -2.45. The first kappa shape index (κ1) is 16.8. The van der Waals surface area contributed by atoms with Gasteiger partial charge in [-0.3, -0.25) is 9.69 Å². The molecule has 0 spiro atoms. The Balaban J connectivity index is 1.54. The van der Waals surface area contributed by atoms with Gasteiger partial charge in [0.1, 0.15) is 5.54 Å². The first-order valence-electron chi connectivity index (χ1n) is 9.66. The van der Waals surface area contributed by atoms with E-state index in [4.69, 9.17) is 4.74 Å². The van der Waals surface area contributed by atoms with E-state index in [1.54, 1.807) is 0 Å². The fraction of sp³-hybridized carbons (Fsp3) is 0.571. The molecule has 2 fully saturated rings. The Bertz CT molecular complexity index is 629. The van der Waals surface area contributed by atoms with E-state index in [1.807, 2.05) is 6.07 Å². The molecule has 1 saturated heterocycles. The van der Waals surface area contributed by atoms with Crippen molar-refractivity contribution in [3.8, 4) is 0 Å². The predicted molar refractivity (Wildman–Crippen MR) is 99.2 cm³/mol. The Labute approximate surface area is 150 Å². The van der Waals surface area contributed by atoms with E-state index in [1.165, 1.54) is 11.1 Å². The van der Waals surface area contributed by atoms with Crippen LogP contribution in [-0.4, -0.2) is 60.6 Å². The fourth-order valence-corrected chi connectivity index (χ4v) is 4.69. The second-order valence-electron chi connectivity index (χ2n) is 7.45. The zero-order valence-electron chi connectivity index (χ0n) is 15.0. The van der Waals surface area contributed by atoms with Gasteiger partial charge in [0.25, 0.3) is 0 Å². The van der Waals surface area contributed by atoms with Crippen LogP contribution in [0.25, 0.3) is 5.57 Å². The molecule has 1 aromatic carbocycles. The van der Waals surface area contributed by atoms with E-state index < -0.39 is 0 Å². The molecule has 1 aromatic rings. The second-order valence-corrected chi connectivity index (χ2v) is 7.45. The molecule has 1 saturated carbocycles. The molecule has 134 valence electrons. The minimum atomic E-state index is -0.275. The van der Waals surface area contributed by atoms with Crippen molar-refractivity contribution >= 4 is 11.5 Å². The summed E-state index contributed by atoms with van der Waals surface area (Å²) in [6.45, 7) is 4.88. The Kier molecular flexibility index (Phi) is 4.91. The molecule has 2 aliphatic heterocycles. The van der Waals surface area contributed by atoms with Crippen LogP contribution in [0.5, 0.6) is 0 Å². The van der Waals surface area contributed by atoms with Gasteiger partial charge in [0.15, 0.2) is 0 Å².